The van der Waals surface area contributed by atoms with Crippen LogP contribution in [-0.2, 0) is 4.74 Å². The Bertz CT molecular complexity index is 659. The van der Waals surface area contributed by atoms with Gasteiger partial charge in [0.1, 0.15) is 11.3 Å². The van der Waals surface area contributed by atoms with Gasteiger partial charge in [-0.25, -0.2) is 4.79 Å². The number of esters is 1. The molecule has 2 aromatic carbocycles. The van der Waals surface area contributed by atoms with Crippen molar-refractivity contribution in [3.05, 3.63) is 47.0 Å². The molecule has 0 fully saturated rings. The maximum atomic E-state index is 11.8. The number of hydrogen-bond acceptors (Lipinski definition) is 5. The van der Waals surface area contributed by atoms with Gasteiger partial charge >= 0.3 is 5.97 Å². The van der Waals surface area contributed by atoms with Gasteiger partial charge in [-0.05, 0) is 42.7 Å². The molecule has 110 valence electrons. The van der Waals surface area contributed by atoms with Crippen molar-refractivity contribution in [2.75, 3.05) is 19.1 Å². The van der Waals surface area contributed by atoms with E-state index < -0.39 is 5.97 Å². The van der Waals surface area contributed by atoms with E-state index in [1.807, 2.05) is 18.4 Å². The minimum absolute atomic E-state index is 0.191. The van der Waals surface area contributed by atoms with Crippen LogP contribution in [-0.4, -0.2) is 19.3 Å². The third kappa shape index (κ3) is 3.62. The lowest BCUT2D eigenvalue weighted by atomic mass is 10.1. The second kappa shape index (κ2) is 6.74. The number of thioether (sulfide) groups is 1. The number of ether oxygens (including phenoxy) is 2. The Morgan fingerprint density at radius 3 is 2.48 bits per heavy atom. The minimum atomic E-state index is -0.556. The van der Waals surface area contributed by atoms with E-state index in [4.69, 9.17) is 26.8 Å². The number of benzene rings is 2. The Morgan fingerprint density at radius 1 is 1.24 bits per heavy atom. The fourth-order valence-corrected chi connectivity index (χ4v) is 2.42. The van der Waals surface area contributed by atoms with Crippen LogP contribution in [0.2, 0.25) is 5.02 Å². The van der Waals surface area contributed by atoms with E-state index in [0.717, 1.165) is 4.90 Å². The highest BCUT2D eigenvalue weighted by molar-refractivity contribution is 7.98. The van der Waals surface area contributed by atoms with Gasteiger partial charge in [0.2, 0.25) is 0 Å². The van der Waals surface area contributed by atoms with Gasteiger partial charge in [-0.15, -0.1) is 11.8 Å². The Kier molecular flexibility index (Phi) is 4.98. The summed E-state index contributed by atoms with van der Waals surface area (Å²) in [6.07, 6.45) is 1.99. The Balaban J connectivity index is 2.39. The summed E-state index contributed by atoms with van der Waals surface area (Å²) in [4.78, 5) is 12.9. The quantitative estimate of drug-likeness (QED) is 0.518. The molecule has 0 aromatic heterocycles. The number of halogens is 1. The lowest BCUT2D eigenvalue weighted by molar-refractivity contribution is 0.0598. The van der Waals surface area contributed by atoms with Crippen molar-refractivity contribution in [1.82, 2.24) is 0 Å². The van der Waals surface area contributed by atoms with Crippen LogP contribution in [0.1, 0.15) is 10.4 Å². The first-order valence-corrected chi connectivity index (χ1v) is 7.64. The first kappa shape index (κ1) is 15.5. The number of anilines is 1. The average Bonchev–Trinajstić information content (AvgIpc) is 2.49. The zero-order valence-corrected chi connectivity index (χ0v) is 13.1. The summed E-state index contributed by atoms with van der Waals surface area (Å²) in [6, 6.07) is 10.5. The number of nitrogens with two attached hydrogens (primary N) is 1. The van der Waals surface area contributed by atoms with Crippen LogP contribution < -0.4 is 10.5 Å². The maximum Gasteiger partial charge on any atom is 0.341 e. The average molecular weight is 324 g/mol. The first-order chi connectivity index (χ1) is 10.0. The molecular formula is C15H14ClNO3S. The summed E-state index contributed by atoms with van der Waals surface area (Å²) in [5.74, 6) is 0.249. The molecule has 0 aliphatic rings. The maximum absolute atomic E-state index is 11.8. The largest absolute Gasteiger partial charge is 0.465 e. The third-order valence-electron chi connectivity index (χ3n) is 2.75. The molecule has 2 N–H and O–H groups in total. The van der Waals surface area contributed by atoms with Crippen molar-refractivity contribution in [3.63, 3.8) is 0 Å². The van der Waals surface area contributed by atoms with Gasteiger partial charge in [0.05, 0.1) is 12.1 Å². The first-order valence-electron chi connectivity index (χ1n) is 6.04. The SMILES string of the molecule is COC(=O)c1cc(N)cc(Cl)c1Oc1ccc(SC)cc1. The molecule has 0 spiro atoms. The van der Waals surface area contributed by atoms with Crippen LogP contribution in [0.25, 0.3) is 0 Å². The van der Waals surface area contributed by atoms with Gasteiger partial charge < -0.3 is 15.2 Å². The molecule has 6 heteroatoms. The van der Waals surface area contributed by atoms with Crippen molar-refractivity contribution in [1.29, 1.82) is 0 Å². The van der Waals surface area contributed by atoms with Gasteiger partial charge in [-0.3, -0.25) is 0 Å². The van der Waals surface area contributed by atoms with E-state index in [2.05, 4.69) is 0 Å². The van der Waals surface area contributed by atoms with Crippen molar-refractivity contribution >= 4 is 35.0 Å². The van der Waals surface area contributed by atoms with Gasteiger partial charge in [0, 0.05) is 10.6 Å². The standard InChI is InChI=1S/C15H14ClNO3S/c1-19-15(18)12-7-9(17)8-13(16)14(12)20-10-3-5-11(21-2)6-4-10/h3-8H,17H2,1-2H3. The van der Waals surface area contributed by atoms with Gasteiger partial charge in [-0.2, -0.15) is 0 Å². The number of carbonyl (C=O) groups is 1. The summed E-state index contributed by atoms with van der Waals surface area (Å²) in [7, 11) is 1.29. The van der Waals surface area contributed by atoms with Crippen LogP contribution in [0.4, 0.5) is 5.69 Å². The molecule has 21 heavy (non-hydrogen) atoms. The summed E-state index contributed by atoms with van der Waals surface area (Å²) in [5, 5.41) is 0.254. The van der Waals surface area contributed by atoms with Crippen LogP contribution in [0.5, 0.6) is 11.5 Å². The molecule has 0 saturated carbocycles. The summed E-state index contributed by atoms with van der Waals surface area (Å²) in [6.45, 7) is 0. The molecule has 0 heterocycles. The van der Waals surface area contributed by atoms with Crippen molar-refractivity contribution < 1.29 is 14.3 Å². The highest BCUT2D eigenvalue weighted by Crippen LogP contribution is 2.36. The second-order valence-electron chi connectivity index (χ2n) is 4.15. The van der Waals surface area contributed by atoms with E-state index in [0.29, 0.717) is 11.4 Å². The molecule has 0 radical (unpaired) electrons. The molecule has 0 aliphatic heterocycles. The normalized spacial score (nSPS) is 10.2. The third-order valence-corrected chi connectivity index (χ3v) is 3.77. The Morgan fingerprint density at radius 2 is 1.90 bits per heavy atom. The van der Waals surface area contributed by atoms with Crippen LogP contribution in [0.15, 0.2) is 41.3 Å². The predicted octanol–water partition coefficient (Wildman–Crippen LogP) is 4.22. The fraction of sp³-hybridized carbons (Fsp3) is 0.133. The molecule has 2 aromatic rings. The van der Waals surface area contributed by atoms with Crippen LogP contribution >= 0.6 is 23.4 Å². The molecule has 0 amide bonds. The topological polar surface area (TPSA) is 61.5 Å². The predicted molar refractivity (Wildman–Crippen MR) is 85.5 cm³/mol. The molecule has 4 nitrogen and oxygen atoms in total. The molecule has 0 aliphatic carbocycles. The van der Waals surface area contributed by atoms with Gasteiger partial charge in [-0.1, -0.05) is 11.6 Å². The highest BCUT2D eigenvalue weighted by atomic mass is 35.5. The lowest BCUT2D eigenvalue weighted by Crippen LogP contribution is -2.05. The summed E-state index contributed by atoms with van der Waals surface area (Å²) in [5.41, 5.74) is 6.26. The van der Waals surface area contributed by atoms with E-state index in [1.54, 1.807) is 23.9 Å². The highest BCUT2D eigenvalue weighted by Gasteiger charge is 2.18. The second-order valence-corrected chi connectivity index (χ2v) is 5.44. The number of hydrogen-bond donors (Lipinski definition) is 1. The van der Waals surface area contributed by atoms with E-state index >= 15 is 0 Å². The molecular weight excluding hydrogens is 310 g/mol. The van der Waals surface area contributed by atoms with Crippen molar-refractivity contribution in [2.45, 2.75) is 4.90 Å². The zero-order chi connectivity index (χ0) is 15.4. The van der Waals surface area contributed by atoms with Gasteiger partial charge in [0.25, 0.3) is 0 Å². The molecule has 0 bridgehead atoms. The Labute approximate surface area is 132 Å². The smallest absolute Gasteiger partial charge is 0.341 e. The number of carbonyl (C=O) groups excluding carboxylic acids is 1. The molecule has 2 rings (SSSR count). The minimum Gasteiger partial charge on any atom is -0.465 e. The number of methoxy groups -OCH3 is 1. The lowest BCUT2D eigenvalue weighted by Gasteiger charge is -2.13. The zero-order valence-electron chi connectivity index (χ0n) is 11.6. The van der Waals surface area contributed by atoms with E-state index in [9.17, 15) is 4.79 Å². The monoisotopic (exact) mass is 323 g/mol. The molecule has 0 saturated heterocycles. The number of nitrogen functional groups attached to an aromatic ring is 1. The Hall–Kier alpha value is -1.85. The van der Waals surface area contributed by atoms with Gasteiger partial charge in [0.15, 0.2) is 5.75 Å². The fourth-order valence-electron chi connectivity index (χ4n) is 1.74. The molecule has 0 atom stereocenters. The van der Waals surface area contributed by atoms with Crippen molar-refractivity contribution in [3.8, 4) is 11.5 Å². The number of rotatable bonds is 4. The summed E-state index contributed by atoms with van der Waals surface area (Å²) < 4.78 is 10.4. The van der Waals surface area contributed by atoms with E-state index in [-0.39, 0.29) is 16.3 Å². The van der Waals surface area contributed by atoms with E-state index in [1.165, 1.54) is 19.2 Å². The van der Waals surface area contributed by atoms with Crippen molar-refractivity contribution in [2.24, 2.45) is 0 Å². The summed E-state index contributed by atoms with van der Waals surface area (Å²) >= 11 is 7.76. The molecule has 0 unspecified atom stereocenters. The van der Waals surface area contributed by atoms with Crippen LogP contribution in [0, 0.1) is 0 Å². The van der Waals surface area contributed by atoms with Crippen LogP contribution in [0.3, 0.4) is 0 Å².